The molecule has 0 saturated carbocycles. The molecule has 0 radical (unpaired) electrons. The molecule has 0 spiro atoms. The average Bonchev–Trinajstić information content (AvgIpc) is 2.78. The van der Waals surface area contributed by atoms with Gasteiger partial charge in [0.15, 0.2) is 0 Å². The Labute approximate surface area is 142 Å². The van der Waals surface area contributed by atoms with Crippen LogP contribution in [0.15, 0.2) is 18.5 Å². The van der Waals surface area contributed by atoms with Crippen LogP contribution < -0.4 is 10.8 Å². The van der Waals surface area contributed by atoms with Crippen LogP contribution in [-0.4, -0.2) is 34.8 Å². The number of carbonyl (C=O) groups is 1. The van der Waals surface area contributed by atoms with Crippen molar-refractivity contribution >= 4 is 35.2 Å². The summed E-state index contributed by atoms with van der Waals surface area (Å²) in [5.74, 6) is 0.380. The number of amides is 1. The lowest BCUT2D eigenvalue weighted by atomic mass is 9.69. The van der Waals surface area contributed by atoms with Gasteiger partial charge in [-0.05, 0) is 19.9 Å². The topological polar surface area (TPSA) is 65.4 Å². The predicted octanol–water partition coefficient (Wildman–Crippen LogP) is 2.08. The number of nitrogens with one attached hydrogen (secondary N) is 1. The monoisotopic (exact) mass is 329 g/mol. The molecule has 0 unspecified atom stereocenters. The standard InChI is InChI=1S/C17H24BN3O3/c1-11(22)20-15-7-12-13(9-21(6)14(12)8-19-15)18-23-10-16(2,3)17(4,5)24-18/h7-9H,10H2,1-6H3,(H,19,20,22). The molecule has 1 N–H and O–H groups in total. The first kappa shape index (κ1) is 17.0. The molecule has 1 saturated heterocycles. The Bertz CT molecular complexity index is 798. The van der Waals surface area contributed by atoms with Crippen LogP contribution in [0.4, 0.5) is 5.82 Å². The van der Waals surface area contributed by atoms with Crippen LogP contribution in [0, 0.1) is 5.41 Å². The Balaban J connectivity index is 2.01. The van der Waals surface area contributed by atoms with Crippen LogP contribution in [0.5, 0.6) is 0 Å². The first-order valence-corrected chi connectivity index (χ1v) is 8.13. The predicted molar refractivity (Wildman–Crippen MR) is 95.3 cm³/mol. The van der Waals surface area contributed by atoms with E-state index in [-0.39, 0.29) is 16.9 Å². The molecule has 3 heterocycles. The third kappa shape index (κ3) is 2.82. The Morgan fingerprint density at radius 1 is 1.38 bits per heavy atom. The zero-order valence-corrected chi connectivity index (χ0v) is 15.1. The average molecular weight is 329 g/mol. The fourth-order valence-electron chi connectivity index (χ4n) is 2.82. The quantitative estimate of drug-likeness (QED) is 0.857. The first-order valence-electron chi connectivity index (χ1n) is 8.13. The van der Waals surface area contributed by atoms with Crippen molar-refractivity contribution in [3.8, 4) is 0 Å². The molecule has 2 aromatic heterocycles. The fraction of sp³-hybridized carbons (Fsp3) is 0.529. The van der Waals surface area contributed by atoms with Crippen molar-refractivity contribution in [3.63, 3.8) is 0 Å². The van der Waals surface area contributed by atoms with E-state index in [1.165, 1.54) is 6.92 Å². The number of hydrogen-bond donors (Lipinski definition) is 1. The first-order chi connectivity index (χ1) is 11.1. The molecule has 24 heavy (non-hydrogen) atoms. The summed E-state index contributed by atoms with van der Waals surface area (Å²) in [4.78, 5) is 15.6. The van der Waals surface area contributed by atoms with Gasteiger partial charge in [-0.3, -0.25) is 4.79 Å². The highest BCUT2D eigenvalue weighted by Crippen LogP contribution is 2.38. The Hall–Kier alpha value is -1.86. The number of carbonyl (C=O) groups excluding carboxylic acids is 1. The second kappa shape index (κ2) is 5.60. The molecule has 0 aromatic carbocycles. The van der Waals surface area contributed by atoms with E-state index in [1.54, 1.807) is 6.20 Å². The molecule has 1 aliphatic heterocycles. The lowest BCUT2D eigenvalue weighted by Crippen LogP contribution is -2.58. The van der Waals surface area contributed by atoms with Crippen LogP contribution in [0.3, 0.4) is 0 Å². The summed E-state index contributed by atoms with van der Waals surface area (Å²) in [5.41, 5.74) is 1.53. The summed E-state index contributed by atoms with van der Waals surface area (Å²) in [6, 6.07) is 1.87. The highest BCUT2D eigenvalue weighted by molar-refractivity contribution is 6.64. The van der Waals surface area contributed by atoms with Crippen molar-refractivity contribution in [1.29, 1.82) is 0 Å². The lowest BCUT2D eigenvalue weighted by Gasteiger charge is -2.47. The van der Waals surface area contributed by atoms with Crippen molar-refractivity contribution in [2.45, 2.75) is 40.2 Å². The maximum atomic E-state index is 11.3. The maximum absolute atomic E-state index is 11.3. The molecule has 0 aliphatic carbocycles. The molecular formula is C17H24BN3O3. The SMILES string of the molecule is CC(=O)Nc1cc2c(B3OCC(C)(C)C(C)(C)O3)cn(C)c2cn1. The summed E-state index contributed by atoms with van der Waals surface area (Å²) in [6.45, 7) is 10.6. The van der Waals surface area contributed by atoms with E-state index in [0.717, 1.165) is 16.4 Å². The molecular weight excluding hydrogens is 305 g/mol. The molecule has 0 bridgehead atoms. The number of fused-ring (bicyclic) bond motifs is 1. The van der Waals surface area contributed by atoms with Crippen molar-refractivity contribution < 1.29 is 14.1 Å². The van der Waals surface area contributed by atoms with Crippen LogP contribution in [0.2, 0.25) is 0 Å². The minimum absolute atomic E-state index is 0.0724. The summed E-state index contributed by atoms with van der Waals surface area (Å²) in [5, 5.41) is 3.69. The minimum Gasteiger partial charge on any atom is -0.407 e. The summed E-state index contributed by atoms with van der Waals surface area (Å²) in [7, 11) is 1.52. The van der Waals surface area contributed by atoms with Crippen molar-refractivity contribution in [3.05, 3.63) is 18.5 Å². The number of pyridine rings is 1. The van der Waals surface area contributed by atoms with Gasteiger partial charge in [0.1, 0.15) is 5.82 Å². The van der Waals surface area contributed by atoms with Crippen LogP contribution >= 0.6 is 0 Å². The highest BCUT2D eigenvalue weighted by atomic mass is 16.6. The zero-order valence-electron chi connectivity index (χ0n) is 15.1. The third-order valence-electron chi connectivity index (χ3n) is 5.09. The Morgan fingerprint density at radius 3 is 2.71 bits per heavy atom. The van der Waals surface area contributed by atoms with E-state index < -0.39 is 7.12 Å². The van der Waals surface area contributed by atoms with Gasteiger partial charge in [0.2, 0.25) is 5.91 Å². The molecule has 2 aromatic rings. The smallest absolute Gasteiger partial charge is 0.407 e. The second-order valence-corrected chi connectivity index (χ2v) is 7.62. The van der Waals surface area contributed by atoms with Gasteiger partial charge in [0.25, 0.3) is 0 Å². The highest BCUT2D eigenvalue weighted by Gasteiger charge is 2.47. The van der Waals surface area contributed by atoms with E-state index in [1.807, 2.05) is 23.9 Å². The summed E-state index contributed by atoms with van der Waals surface area (Å²) in [6.07, 6.45) is 3.75. The number of aromatic nitrogens is 2. The normalized spacial score (nSPS) is 19.5. The number of rotatable bonds is 2. The van der Waals surface area contributed by atoms with Crippen LogP contribution in [0.1, 0.15) is 34.6 Å². The number of aryl methyl sites for hydroxylation is 1. The third-order valence-corrected chi connectivity index (χ3v) is 5.09. The van der Waals surface area contributed by atoms with E-state index in [9.17, 15) is 4.79 Å². The van der Waals surface area contributed by atoms with E-state index in [2.05, 4.69) is 38.0 Å². The molecule has 128 valence electrons. The molecule has 7 heteroatoms. The van der Waals surface area contributed by atoms with Crippen molar-refractivity contribution in [1.82, 2.24) is 9.55 Å². The number of hydrogen-bond acceptors (Lipinski definition) is 4. The second-order valence-electron chi connectivity index (χ2n) is 7.62. The molecule has 3 rings (SSSR count). The van der Waals surface area contributed by atoms with Gasteiger partial charge in [-0.25, -0.2) is 4.98 Å². The van der Waals surface area contributed by atoms with Crippen LogP contribution in [-0.2, 0) is 21.2 Å². The van der Waals surface area contributed by atoms with Gasteiger partial charge < -0.3 is 19.2 Å². The fourth-order valence-corrected chi connectivity index (χ4v) is 2.82. The van der Waals surface area contributed by atoms with Crippen molar-refractivity contribution in [2.24, 2.45) is 12.5 Å². The summed E-state index contributed by atoms with van der Waals surface area (Å²) < 4.78 is 14.3. The minimum atomic E-state index is -0.440. The van der Waals surface area contributed by atoms with Gasteiger partial charge in [-0.15, -0.1) is 0 Å². The van der Waals surface area contributed by atoms with Crippen LogP contribution in [0.25, 0.3) is 10.9 Å². The molecule has 1 aliphatic rings. The van der Waals surface area contributed by atoms with E-state index in [0.29, 0.717) is 12.4 Å². The van der Waals surface area contributed by atoms with Gasteiger partial charge in [0, 0.05) is 43.0 Å². The molecule has 0 atom stereocenters. The molecule has 6 nitrogen and oxygen atoms in total. The largest absolute Gasteiger partial charge is 0.496 e. The van der Waals surface area contributed by atoms with Gasteiger partial charge in [-0.2, -0.15) is 0 Å². The summed E-state index contributed by atoms with van der Waals surface area (Å²) >= 11 is 0. The zero-order chi connectivity index (χ0) is 17.7. The Morgan fingerprint density at radius 2 is 2.08 bits per heavy atom. The maximum Gasteiger partial charge on any atom is 0.496 e. The van der Waals surface area contributed by atoms with Gasteiger partial charge in [-0.1, -0.05) is 13.8 Å². The van der Waals surface area contributed by atoms with E-state index >= 15 is 0 Å². The van der Waals surface area contributed by atoms with Crippen molar-refractivity contribution in [2.75, 3.05) is 11.9 Å². The number of nitrogens with zero attached hydrogens (tertiary/aromatic N) is 2. The Kier molecular flexibility index (Phi) is 3.96. The lowest BCUT2D eigenvalue weighted by molar-refractivity contribution is -0.114. The molecule has 1 fully saturated rings. The molecule has 1 amide bonds. The van der Waals surface area contributed by atoms with E-state index in [4.69, 9.17) is 9.31 Å². The van der Waals surface area contributed by atoms with Gasteiger partial charge >= 0.3 is 7.12 Å². The number of anilines is 1. The van der Waals surface area contributed by atoms with Gasteiger partial charge in [0.05, 0.1) is 17.3 Å².